The normalized spacial score (nSPS) is 27.8. The molecule has 90 valence electrons. The third-order valence-corrected chi connectivity index (χ3v) is 3.44. The van der Waals surface area contributed by atoms with Crippen LogP contribution in [0.25, 0.3) is 0 Å². The maximum Gasteiger partial charge on any atom is 0.415 e. The van der Waals surface area contributed by atoms with Gasteiger partial charge < -0.3 is 10.1 Å². The lowest BCUT2D eigenvalue weighted by atomic mass is 9.98. The van der Waals surface area contributed by atoms with E-state index in [1.165, 1.54) is 11.0 Å². The maximum atomic E-state index is 13.8. The lowest BCUT2D eigenvalue weighted by molar-refractivity contribution is 0.174. The standard InChI is InChI=1S/C12H13FN2O2/c13-9-3-1-2-4-10(9)15-11(16)17-8-12(15)5-6-14-7-12/h1-4,14H,5-8H2. The van der Waals surface area contributed by atoms with Crippen LogP contribution in [0.2, 0.25) is 0 Å². The fraction of sp³-hybridized carbons (Fsp3) is 0.417. The zero-order valence-corrected chi connectivity index (χ0v) is 9.28. The first-order chi connectivity index (χ1) is 8.23. The molecule has 2 heterocycles. The molecule has 1 unspecified atom stereocenters. The Morgan fingerprint density at radius 1 is 1.41 bits per heavy atom. The number of amides is 1. The van der Waals surface area contributed by atoms with Crippen LogP contribution in [0, 0.1) is 5.82 Å². The van der Waals surface area contributed by atoms with Gasteiger partial charge >= 0.3 is 6.09 Å². The van der Waals surface area contributed by atoms with Gasteiger partial charge in [0.2, 0.25) is 0 Å². The van der Waals surface area contributed by atoms with Crippen molar-refractivity contribution in [2.45, 2.75) is 12.0 Å². The van der Waals surface area contributed by atoms with E-state index in [4.69, 9.17) is 4.74 Å². The summed E-state index contributed by atoms with van der Waals surface area (Å²) in [5, 5.41) is 3.20. The number of carbonyl (C=O) groups is 1. The van der Waals surface area contributed by atoms with Gasteiger partial charge in [0, 0.05) is 6.54 Å². The first kappa shape index (κ1) is 10.5. The molecule has 1 N–H and O–H groups in total. The zero-order chi connectivity index (χ0) is 11.9. The van der Waals surface area contributed by atoms with Crippen molar-refractivity contribution in [1.29, 1.82) is 0 Å². The van der Waals surface area contributed by atoms with Crippen molar-refractivity contribution in [3.63, 3.8) is 0 Å². The Bertz CT molecular complexity index is 458. The van der Waals surface area contributed by atoms with Gasteiger partial charge in [-0.25, -0.2) is 9.18 Å². The Morgan fingerprint density at radius 2 is 2.24 bits per heavy atom. The monoisotopic (exact) mass is 236 g/mol. The van der Waals surface area contributed by atoms with Crippen molar-refractivity contribution < 1.29 is 13.9 Å². The van der Waals surface area contributed by atoms with E-state index in [1.807, 2.05) is 0 Å². The first-order valence-corrected chi connectivity index (χ1v) is 5.65. The topological polar surface area (TPSA) is 41.6 Å². The number of benzene rings is 1. The van der Waals surface area contributed by atoms with Crippen LogP contribution < -0.4 is 10.2 Å². The number of cyclic esters (lactones) is 1. The Balaban J connectivity index is 2.05. The zero-order valence-electron chi connectivity index (χ0n) is 9.28. The van der Waals surface area contributed by atoms with Crippen LogP contribution in [-0.2, 0) is 4.74 Å². The van der Waals surface area contributed by atoms with Gasteiger partial charge in [-0.2, -0.15) is 0 Å². The number of hydrogen-bond acceptors (Lipinski definition) is 3. The number of hydrogen-bond donors (Lipinski definition) is 1. The molecule has 0 radical (unpaired) electrons. The predicted molar refractivity (Wildman–Crippen MR) is 60.4 cm³/mol. The van der Waals surface area contributed by atoms with E-state index < -0.39 is 17.4 Å². The Labute approximate surface area is 98.4 Å². The minimum absolute atomic E-state index is 0.304. The Morgan fingerprint density at radius 3 is 2.94 bits per heavy atom. The molecule has 17 heavy (non-hydrogen) atoms. The molecule has 0 aliphatic carbocycles. The molecule has 0 bridgehead atoms. The number of nitrogens with zero attached hydrogens (tertiary/aromatic N) is 1. The van der Waals surface area contributed by atoms with Gasteiger partial charge in [0.25, 0.3) is 0 Å². The molecule has 2 aliphatic rings. The molecular formula is C12H13FN2O2. The quantitative estimate of drug-likeness (QED) is 0.803. The van der Waals surface area contributed by atoms with E-state index in [2.05, 4.69) is 5.32 Å². The number of halogens is 1. The van der Waals surface area contributed by atoms with Crippen LogP contribution in [0.5, 0.6) is 0 Å². The summed E-state index contributed by atoms with van der Waals surface area (Å²) in [5.74, 6) is -0.391. The molecular weight excluding hydrogens is 223 g/mol. The molecule has 1 spiro atoms. The second-order valence-electron chi connectivity index (χ2n) is 4.49. The van der Waals surface area contributed by atoms with Gasteiger partial charge in [0.1, 0.15) is 12.4 Å². The lowest BCUT2D eigenvalue weighted by Crippen LogP contribution is -2.49. The summed E-state index contributed by atoms with van der Waals surface area (Å²) in [4.78, 5) is 13.3. The number of carbonyl (C=O) groups excluding carboxylic acids is 1. The molecule has 2 aliphatic heterocycles. The highest BCUT2D eigenvalue weighted by Crippen LogP contribution is 2.36. The third-order valence-electron chi connectivity index (χ3n) is 3.44. The minimum atomic E-state index is -0.459. The summed E-state index contributed by atoms with van der Waals surface area (Å²) in [5.41, 5.74) is -0.113. The van der Waals surface area contributed by atoms with E-state index in [9.17, 15) is 9.18 Å². The van der Waals surface area contributed by atoms with Gasteiger partial charge in [-0.3, -0.25) is 4.90 Å². The minimum Gasteiger partial charge on any atom is -0.447 e. The van der Waals surface area contributed by atoms with Crippen molar-refractivity contribution in [2.75, 3.05) is 24.6 Å². The molecule has 0 aromatic heterocycles. The third kappa shape index (κ3) is 1.50. The lowest BCUT2D eigenvalue weighted by Gasteiger charge is -2.30. The van der Waals surface area contributed by atoms with Crippen molar-refractivity contribution in [2.24, 2.45) is 0 Å². The van der Waals surface area contributed by atoms with E-state index in [1.54, 1.807) is 18.2 Å². The van der Waals surface area contributed by atoms with E-state index in [0.29, 0.717) is 18.8 Å². The average Bonchev–Trinajstić information content (AvgIpc) is 2.90. The van der Waals surface area contributed by atoms with Crippen molar-refractivity contribution in [3.8, 4) is 0 Å². The summed E-state index contributed by atoms with van der Waals surface area (Å²) in [6, 6.07) is 6.30. The highest BCUT2D eigenvalue weighted by Gasteiger charge is 2.50. The molecule has 0 saturated carbocycles. The summed E-state index contributed by atoms with van der Waals surface area (Å²) >= 11 is 0. The van der Waals surface area contributed by atoms with Gasteiger partial charge in [-0.1, -0.05) is 12.1 Å². The van der Waals surface area contributed by atoms with Crippen LogP contribution >= 0.6 is 0 Å². The summed E-state index contributed by atoms with van der Waals surface area (Å²) in [6.07, 6.45) is 0.325. The smallest absolute Gasteiger partial charge is 0.415 e. The molecule has 5 heteroatoms. The van der Waals surface area contributed by atoms with Crippen LogP contribution in [0.3, 0.4) is 0 Å². The molecule has 2 saturated heterocycles. The number of nitrogens with one attached hydrogen (secondary N) is 1. The summed E-state index contributed by atoms with van der Waals surface area (Å²) in [6.45, 7) is 1.79. The molecule has 1 amide bonds. The highest BCUT2D eigenvalue weighted by atomic mass is 19.1. The molecule has 1 aromatic rings. The molecule has 1 aromatic carbocycles. The molecule has 2 fully saturated rings. The van der Waals surface area contributed by atoms with Crippen LogP contribution in [0.1, 0.15) is 6.42 Å². The predicted octanol–water partition coefficient (Wildman–Crippen LogP) is 1.51. The van der Waals surface area contributed by atoms with Crippen molar-refractivity contribution >= 4 is 11.8 Å². The fourth-order valence-corrected chi connectivity index (χ4v) is 2.55. The average molecular weight is 236 g/mol. The van der Waals surface area contributed by atoms with Gasteiger partial charge in [-0.05, 0) is 25.1 Å². The number of para-hydroxylation sites is 1. The van der Waals surface area contributed by atoms with E-state index in [-0.39, 0.29) is 0 Å². The van der Waals surface area contributed by atoms with Gasteiger partial charge in [0.05, 0.1) is 11.2 Å². The fourth-order valence-electron chi connectivity index (χ4n) is 2.55. The van der Waals surface area contributed by atoms with Crippen LogP contribution in [0.4, 0.5) is 14.9 Å². The molecule has 4 nitrogen and oxygen atoms in total. The molecule has 3 rings (SSSR count). The SMILES string of the molecule is O=C1OCC2(CCNC2)N1c1ccccc1F. The van der Waals surface area contributed by atoms with Crippen molar-refractivity contribution in [1.82, 2.24) is 5.32 Å². The number of anilines is 1. The van der Waals surface area contributed by atoms with E-state index in [0.717, 1.165) is 13.0 Å². The number of ether oxygens (including phenoxy) is 1. The van der Waals surface area contributed by atoms with Gasteiger partial charge in [-0.15, -0.1) is 0 Å². The van der Waals surface area contributed by atoms with Crippen LogP contribution in [-0.4, -0.2) is 31.3 Å². The Hall–Kier alpha value is -1.62. The highest BCUT2D eigenvalue weighted by molar-refractivity contribution is 5.92. The largest absolute Gasteiger partial charge is 0.447 e. The second-order valence-corrected chi connectivity index (χ2v) is 4.49. The van der Waals surface area contributed by atoms with Gasteiger partial charge in [0.15, 0.2) is 0 Å². The van der Waals surface area contributed by atoms with E-state index >= 15 is 0 Å². The molecule has 1 atom stereocenters. The van der Waals surface area contributed by atoms with Crippen molar-refractivity contribution in [3.05, 3.63) is 30.1 Å². The maximum absolute atomic E-state index is 13.8. The Kier molecular flexibility index (Phi) is 2.29. The van der Waals surface area contributed by atoms with Crippen LogP contribution in [0.15, 0.2) is 24.3 Å². The number of rotatable bonds is 1. The summed E-state index contributed by atoms with van der Waals surface area (Å²) in [7, 11) is 0. The summed E-state index contributed by atoms with van der Waals surface area (Å²) < 4.78 is 18.9. The first-order valence-electron chi connectivity index (χ1n) is 5.65. The second kappa shape index (κ2) is 3.70.